The van der Waals surface area contributed by atoms with E-state index >= 15 is 0 Å². The van der Waals surface area contributed by atoms with Crippen LogP contribution in [-0.2, 0) is 0 Å². The van der Waals surface area contributed by atoms with Gasteiger partial charge < -0.3 is 15.2 Å². The topological polar surface area (TPSA) is 65.9 Å². The van der Waals surface area contributed by atoms with E-state index in [9.17, 15) is 5.11 Å². The van der Waals surface area contributed by atoms with Crippen LogP contribution in [0.2, 0.25) is 10.0 Å². The maximum Gasteiger partial charge on any atom is 0.191 e. The molecular weight excluding hydrogens is 437 g/mol. The highest BCUT2D eigenvalue weighted by Crippen LogP contribution is 2.34. The molecule has 0 bridgehead atoms. The third-order valence-corrected chi connectivity index (χ3v) is 4.18. The second kappa shape index (κ2) is 8.53. The summed E-state index contributed by atoms with van der Waals surface area (Å²) in [6, 6.07) is 8.34. The number of aromatic hydroxyl groups is 1. The number of phenolic OH excluding ortho intramolecular Hbond substituents is 1. The lowest BCUT2D eigenvalue weighted by Crippen LogP contribution is -2.24. The first-order valence-electron chi connectivity index (χ1n) is 6.52. The Morgan fingerprint density at radius 2 is 2.08 bits per heavy atom. The summed E-state index contributed by atoms with van der Waals surface area (Å²) in [4.78, 5) is 0. The Labute approximate surface area is 162 Å². The van der Waals surface area contributed by atoms with E-state index < -0.39 is 0 Å². The quantitative estimate of drug-likeness (QED) is 0.356. The molecule has 0 heterocycles. The molecule has 0 spiro atoms. The SMILES string of the molecule is COc1cc(C=NNC(=S)Nc2ccc(Cl)cc2Cl)cc(Br)c1O. The molecule has 0 saturated carbocycles. The maximum atomic E-state index is 9.76. The number of nitrogens with zero attached hydrogens (tertiary/aromatic N) is 1. The number of halogens is 3. The van der Waals surface area contributed by atoms with Gasteiger partial charge >= 0.3 is 0 Å². The van der Waals surface area contributed by atoms with Gasteiger partial charge in [-0.3, -0.25) is 5.43 Å². The van der Waals surface area contributed by atoms with Gasteiger partial charge in [-0.2, -0.15) is 5.10 Å². The fourth-order valence-corrected chi connectivity index (χ4v) is 2.81. The fraction of sp³-hybridized carbons (Fsp3) is 0.0667. The van der Waals surface area contributed by atoms with Crippen molar-refractivity contribution in [3.63, 3.8) is 0 Å². The second-order valence-electron chi connectivity index (χ2n) is 4.50. The molecule has 0 aliphatic carbocycles. The maximum absolute atomic E-state index is 9.76. The summed E-state index contributed by atoms with van der Waals surface area (Å²) in [5, 5.41) is 17.9. The molecule has 5 nitrogen and oxygen atoms in total. The third kappa shape index (κ3) is 4.98. The number of anilines is 1. The van der Waals surface area contributed by atoms with Crippen LogP contribution in [0, 0.1) is 0 Å². The lowest BCUT2D eigenvalue weighted by Gasteiger charge is -2.09. The predicted octanol–water partition coefficient (Wildman–Crippen LogP) is 4.79. The van der Waals surface area contributed by atoms with Crippen LogP contribution in [-0.4, -0.2) is 23.5 Å². The van der Waals surface area contributed by atoms with Gasteiger partial charge in [0.25, 0.3) is 0 Å². The largest absolute Gasteiger partial charge is 0.503 e. The molecule has 0 aromatic heterocycles. The van der Waals surface area contributed by atoms with Crippen molar-refractivity contribution in [3.8, 4) is 11.5 Å². The van der Waals surface area contributed by atoms with Gasteiger partial charge in [-0.25, -0.2) is 0 Å². The van der Waals surface area contributed by atoms with Crippen molar-refractivity contribution in [1.29, 1.82) is 0 Å². The van der Waals surface area contributed by atoms with Gasteiger partial charge in [0.2, 0.25) is 0 Å². The summed E-state index contributed by atoms with van der Waals surface area (Å²) < 4.78 is 5.57. The number of hydrogen-bond acceptors (Lipinski definition) is 4. The average Bonchev–Trinajstić information content (AvgIpc) is 2.53. The highest BCUT2D eigenvalue weighted by Gasteiger charge is 2.07. The smallest absolute Gasteiger partial charge is 0.191 e. The van der Waals surface area contributed by atoms with E-state index in [1.54, 1.807) is 30.3 Å². The summed E-state index contributed by atoms with van der Waals surface area (Å²) in [7, 11) is 1.47. The minimum atomic E-state index is 0.0252. The summed E-state index contributed by atoms with van der Waals surface area (Å²) in [6.45, 7) is 0. The van der Waals surface area contributed by atoms with Crippen LogP contribution in [0.3, 0.4) is 0 Å². The first-order chi connectivity index (χ1) is 11.4. The van der Waals surface area contributed by atoms with Gasteiger partial charge in [0.05, 0.1) is 28.5 Å². The van der Waals surface area contributed by atoms with E-state index in [0.29, 0.717) is 31.5 Å². The molecule has 24 heavy (non-hydrogen) atoms. The van der Waals surface area contributed by atoms with Gasteiger partial charge in [-0.15, -0.1) is 0 Å². The van der Waals surface area contributed by atoms with Crippen LogP contribution in [0.1, 0.15) is 5.56 Å². The van der Waals surface area contributed by atoms with E-state index in [1.165, 1.54) is 13.3 Å². The molecule has 2 aromatic rings. The van der Waals surface area contributed by atoms with Crippen LogP contribution in [0.5, 0.6) is 11.5 Å². The van der Waals surface area contributed by atoms with Gasteiger partial charge in [-0.05, 0) is 64.0 Å². The van der Waals surface area contributed by atoms with Crippen LogP contribution in [0.4, 0.5) is 5.69 Å². The summed E-state index contributed by atoms with van der Waals surface area (Å²) in [5.74, 6) is 0.358. The van der Waals surface area contributed by atoms with Crippen molar-refractivity contribution in [2.75, 3.05) is 12.4 Å². The zero-order chi connectivity index (χ0) is 17.7. The number of thiocarbonyl (C=S) groups is 1. The third-order valence-electron chi connectivity index (χ3n) is 2.83. The molecule has 0 unspecified atom stereocenters. The van der Waals surface area contributed by atoms with Crippen molar-refractivity contribution in [2.24, 2.45) is 5.10 Å². The predicted molar refractivity (Wildman–Crippen MR) is 106 cm³/mol. The monoisotopic (exact) mass is 447 g/mol. The van der Waals surface area contributed by atoms with Crippen molar-refractivity contribution >= 4 is 68.4 Å². The Balaban J connectivity index is 2.01. The standard InChI is InChI=1S/C15H12BrCl2N3O2S/c1-23-13-5-8(4-10(16)14(13)22)7-19-21-15(24)20-12-3-2-9(17)6-11(12)18/h2-7,22H,1H3,(H2,20,21,24). The van der Waals surface area contributed by atoms with E-state index in [1.807, 2.05) is 0 Å². The Kier molecular flexibility index (Phi) is 6.68. The molecule has 3 N–H and O–H groups in total. The number of phenols is 1. The molecular formula is C15H12BrCl2N3O2S. The minimum Gasteiger partial charge on any atom is -0.503 e. The van der Waals surface area contributed by atoms with Crippen LogP contribution in [0.25, 0.3) is 0 Å². The number of rotatable bonds is 4. The van der Waals surface area contributed by atoms with E-state index in [2.05, 4.69) is 31.8 Å². The molecule has 2 rings (SSSR count). The lowest BCUT2D eigenvalue weighted by atomic mass is 10.2. The molecule has 0 fully saturated rings. The Morgan fingerprint density at radius 1 is 1.33 bits per heavy atom. The molecule has 0 aliphatic heterocycles. The van der Waals surface area contributed by atoms with Gasteiger partial charge in [0, 0.05) is 5.02 Å². The molecule has 0 saturated heterocycles. The average molecular weight is 449 g/mol. The van der Waals surface area contributed by atoms with Crippen molar-refractivity contribution in [2.45, 2.75) is 0 Å². The molecule has 0 atom stereocenters. The van der Waals surface area contributed by atoms with Gasteiger partial charge in [0.15, 0.2) is 16.6 Å². The number of ether oxygens (including phenoxy) is 1. The number of methoxy groups -OCH3 is 1. The highest BCUT2D eigenvalue weighted by molar-refractivity contribution is 9.10. The Morgan fingerprint density at radius 3 is 2.75 bits per heavy atom. The molecule has 0 amide bonds. The second-order valence-corrected chi connectivity index (χ2v) is 6.61. The van der Waals surface area contributed by atoms with E-state index in [4.69, 9.17) is 40.2 Å². The fourth-order valence-electron chi connectivity index (χ4n) is 1.73. The van der Waals surface area contributed by atoms with Crippen molar-refractivity contribution < 1.29 is 9.84 Å². The van der Waals surface area contributed by atoms with Crippen molar-refractivity contribution in [3.05, 3.63) is 50.4 Å². The highest BCUT2D eigenvalue weighted by atomic mass is 79.9. The Bertz CT molecular complexity index is 803. The van der Waals surface area contributed by atoms with Gasteiger partial charge in [0.1, 0.15) is 0 Å². The number of nitrogens with one attached hydrogen (secondary N) is 2. The number of hydrogen-bond donors (Lipinski definition) is 3. The number of benzene rings is 2. The minimum absolute atomic E-state index is 0.0252. The van der Waals surface area contributed by atoms with Crippen molar-refractivity contribution in [1.82, 2.24) is 5.43 Å². The molecule has 0 aliphatic rings. The van der Waals surface area contributed by atoms with Crippen LogP contribution in [0.15, 0.2) is 39.9 Å². The molecule has 0 radical (unpaired) electrons. The lowest BCUT2D eigenvalue weighted by molar-refractivity contribution is 0.372. The Hall–Kier alpha value is -1.54. The summed E-state index contributed by atoms with van der Waals surface area (Å²) >= 11 is 20.3. The molecule has 2 aromatic carbocycles. The zero-order valence-electron chi connectivity index (χ0n) is 12.3. The van der Waals surface area contributed by atoms with Crippen LogP contribution >= 0.6 is 51.3 Å². The van der Waals surface area contributed by atoms with E-state index in [-0.39, 0.29) is 10.9 Å². The first-order valence-corrected chi connectivity index (χ1v) is 8.48. The molecule has 9 heteroatoms. The summed E-state index contributed by atoms with van der Waals surface area (Å²) in [6.07, 6.45) is 1.53. The van der Waals surface area contributed by atoms with E-state index in [0.717, 1.165) is 0 Å². The normalized spacial score (nSPS) is 10.7. The molecule has 126 valence electrons. The number of hydrazone groups is 1. The summed E-state index contributed by atoms with van der Waals surface area (Å²) in [5.41, 5.74) is 3.99. The first kappa shape index (κ1) is 18.8. The van der Waals surface area contributed by atoms with Gasteiger partial charge in [-0.1, -0.05) is 23.2 Å². The zero-order valence-corrected chi connectivity index (χ0v) is 16.2. The van der Waals surface area contributed by atoms with Crippen LogP contribution < -0.4 is 15.5 Å².